The molecular weight excluding hydrogens is 312 g/mol. The van der Waals surface area contributed by atoms with Gasteiger partial charge in [0.05, 0.1) is 11.4 Å². The Morgan fingerprint density at radius 2 is 2.12 bits per heavy atom. The van der Waals surface area contributed by atoms with Crippen molar-refractivity contribution >= 4 is 5.91 Å². The number of hydrogen-bond donors (Lipinski definition) is 1. The van der Waals surface area contributed by atoms with Gasteiger partial charge in [0.25, 0.3) is 5.91 Å². The predicted octanol–water partition coefficient (Wildman–Crippen LogP) is 2.70. The Morgan fingerprint density at radius 1 is 1.24 bits per heavy atom. The number of aromatic nitrogens is 2. The standard InChI is InChI=1S/C20H26N4O/c1-15-11-16(2)24(22-15)18-6-3-5-17(12-18)19(25)23-10-4-7-20(14-23)8-9-21-13-20/h3,5-6,11-12,21H,4,7-10,13-14H2,1-2H3/t20-/m0/s1. The second-order valence-corrected chi connectivity index (χ2v) is 7.65. The number of nitrogens with one attached hydrogen (secondary N) is 1. The van der Waals surface area contributed by atoms with Crippen LogP contribution in [0, 0.1) is 19.3 Å². The summed E-state index contributed by atoms with van der Waals surface area (Å²) in [4.78, 5) is 15.1. The molecule has 0 aliphatic carbocycles. The first kappa shape index (κ1) is 16.3. The van der Waals surface area contributed by atoms with Gasteiger partial charge >= 0.3 is 0 Å². The molecule has 1 aromatic carbocycles. The number of likely N-dealkylation sites (tertiary alicyclic amines) is 1. The molecule has 1 spiro atoms. The maximum absolute atomic E-state index is 13.1. The van der Waals surface area contributed by atoms with Crippen molar-refractivity contribution in [2.75, 3.05) is 26.2 Å². The summed E-state index contributed by atoms with van der Waals surface area (Å²) < 4.78 is 1.91. The minimum Gasteiger partial charge on any atom is -0.338 e. The highest BCUT2D eigenvalue weighted by Gasteiger charge is 2.39. The zero-order chi connectivity index (χ0) is 17.4. The molecular formula is C20H26N4O. The smallest absolute Gasteiger partial charge is 0.253 e. The van der Waals surface area contributed by atoms with Gasteiger partial charge in [-0.1, -0.05) is 6.07 Å². The van der Waals surface area contributed by atoms with Gasteiger partial charge in [-0.25, -0.2) is 4.68 Å². The molecule has 132 valence electrons. The third-order valence-electron chi connectivity index (χ3n) is 5.63. The molecule has 5 heteroatoms. The van der Waals surface area contributed by atoms with Crippen LogP contribution in [-0.4, -0.2) is 46.8 Å². The van der Waals surface area contributed by atoms with E-state index in [0.717, 1.165) is 55.2 Å². The summed E-state index contributed by atoms with van der Waals surface area (Å²) >= 11 is 0. The zero-order valence-electron chi connectivity index (χ0n) is 15.1. The van der Waals surface area contributed by atoms with Crippen LogP contribution in [-0.2, 0) is 0 Å². The SMILES string of the molecule is Cc1cc(C)n(-c2cccc(C(=O)N3CCC[C@@]4(CCNC4)C3)c2)n1. The average molecular weight is 338 g/mol. The average Bonchev–Trinajstić information content (AvgIpc) is 3.20. The van der Waals surface area contributed by atoms with Crippen LogP contribution in [0.15, 0.2) is 30.3 Å². The van der Waals surface area contributed by atoms with E-state index in [1.165, 1.54) is 12.8 Å². The number of amides is 1. The van der Waals surface area contributed by atoms with Gasteiger partial charge in [0.2, 0.25) is 0 Å². The lowest BCUT2D eigenvalue weighted by molar-refractivity contribution is 0.0553. The quantitative estimate of drug-likeness (QED) is 0.916. The largest absolute Gasteiger partial charge is 0.338 e. The highest BCUT2D eigenvalue weighted by Crippen LogP contribution is 2.36. The Balaban J connectivity index is 1.58. The first-order valence-corrected chi connectivity index (χ1v) is 9.20. The molecule has 0 saturated carbocycles. The lowest BCUT2D eigenvalue weighted by Gasteiger charge is -2.40. The molecule has 1 aromatic heterocycles. The van der Waals surface area contributed by atoms with Crippen LogP contribution in [0.25, 0.3) is 5.69 Å². The van der Waals surface area contributed by atoms with E-state index in [-0.39, 0.29) is 5.91 Å². The van der Waals surface area contributed by atoms with Crippen LogP contribution < -0.4 is 5.32 Å². The number of benzene rings is 1. The first-order valence-electron chi connectivity index (χ1n) is 9.20. The third-order valence-corrected chi connectivity index (χ3v) is 5.63. The van der Waals surface area contributed by atoms with Crippen LogP contribution in [0.1, 0.15) is 41.0 Å². The number of rotatable bonds is 2. The van der Waals surface area contributed by atoms with E-state index < -0.39 is 0 Å². The fraction of sp³-hybridized carbons (Fsp3) is 0.500. The Bertz CT molecular complexity index is 789. The van der Waals surface area contributed by atoms with Gasteiger partial charge in [-0.3, -0.25) is 4.79 Å². The zero-order valence-corrected chi connectivity index (χ0v) is 15.1. The van der Waals surface area contributed by atoms with E-state index in [0.29, 0.717) is 5.41 Å². The van der Waals surface area contributed by atoms with Crippen molar-refractivity contribution < 1.29 is 4.79 Å². The number of nitrogens with zero attached hydrogens (tertiary/aromatic N) is 3. The van der Waals surface area contributed by atoms with Crippen LogP contribution in [0.3, 0.4) is 0 Å². The normalized spacial score (nSPS) is 23.4. The Morgan fingerprint density at radius 3 is 2.84 bits per heavy atom. The lowest BCUT2D eigenvalue weighted by atomic mass is 9.79. The van der Waals surface area contributed by atoms with E-state index in [1.54, 1.807) is 0 Å². The topological polar surface area (TPSA) is 50.2 Å². The van der Waals surface area contributed by atoms with Gasteiger partial charge in [-0.15, -0.1) is 0 Å². The molecule has 1 atom stereocenters. The molecule has 2 fully saturated rings. The minimum atomic E-state index is 0.148. The van der Waals surface area contributed by atoms with Crippen LogP contribution in [0.4, 0.5) is 0 Å². The first-order chi connectivity index (χ1) is 12.1. The maximum atomic E-state index is 13.1. The van der Waals surface area contributed by atoms with E-state index in [9.17, 15) is 4.79 Å². The number of piperidine rings is 1. The molecule has 2 aliphatic heterocycles. The van der Waals surface area contributed by atoms with Gasteiger partial charge in [-0.05, 0) is 63.9 Å². The molecule has 2 aromatic rings. The third kappa shape index (κ3) is 3.09. The van der Waals surface area contributed by atoms with E-state index >= 15 is 0 Å². The van der Waals surface area contributed by atoms with Gasteiger partial charge in [-0.2, -0.15) is 5.10 Å². The van der Waals surface area contributed by atoms with Crippen molar-refractivity contribution in [3.63, 3.8) is 0 Å². The Labute approximate surface area is 149 Å². The number of aryl methyl sites for hydroxylation is 2. The highest BCUT2D eigenvalue weighted by atomic mass is 16.2. The van der Waals surface area contributed by atoms with Crippen molar-refractivity contribution in [1.29, 1.82) is 0 Å². The predicted molar refractivity (Wildman–Crippen MR) is 98.1 cm³/mol. The van der Waals surface area contributed by atoms with E-state index in [2.05, 4.69) is 21.4 Å². The Kier molecular flexibility index (Phi) is 4.12. The summed E-state index contributed by atoms with van der Waals surface area (Å²) in [6.07, 6.45) is 3.52. The molecule has 5 nitrogen and oxygen atoms in total. The summed E-state index contributed by atoms with van der Waals surface area (Å²) in [5.74, 6) is 0.148. The van der Waals surface area contributed by atoms with Crippen molar-refractivity contribution in [3.8, 4) is 5.69 Å². The molecule has 0 radical (unpaired) electrons. The summed E-state index contributed by atoms with van der Waals surface area (Å²) in [5, 5.41) is 8.01. The Hall–Kier alpha value is -2.14. The molecule has 3 heterocycles. The van der Waals surface area contributed by atoms with Crippen molar-refractivity contribution in [2.45, 2.75) is 33.1 Å². The molecule has 0 bridgehead atoms. The van der Waals surface area contributed by atoms with Crippen LogP contribution in [0.2, 0.25) is 0 Å². The van der Waals surface area contributed by atoms with Crippen molar-refractivity contribution in [3.05, 3.63) is 47.3 Å². The van der Waals surface area contributed by atoms with Gasteiger partial charge < -0.3 is 10.2 Å². The number of carbonyl (C=O) groups excluding carboxylic acids is 1. The van der Waals surface area contributed by atoms with Crippen LogP contribution in [0.5, 0.6) is 0 Å². The van der Waals surface area contributed by atoms with Gasteiger partial charge in [0, 0.05) is 36.3 Å². The van der Waals surface area contributed by atoms with Crippen molar-refractivity contribution in [2.24, 2.45) is 5.41 Å². The molecule has 0 unspecified atom stereocenters. The van der Waals surface area contributed by atoms with Gasteiger partial charge in [0.15, 0.2) is 0 Å². The highest BCUT2D eigenvalue weighted by molar-refractivity contribution is 5.94. The molecule has 25 heavy (non-hydrogen) atoms. The van der Waals surface area contributed by atoms with Crippen LogP contribution >= 0.6 is 0 Å². The summed E-state index contributed by atoms with van der Waals surface area (Å²) in [6.45, 7) is 7.89. The second-order valence-electron chi connectivity index (χ2n) is 7.65. The van der Waals surface area contributed by atoms with E-state index in [4.69, 9.17) is 0 Å². The van der Waals surface area contributed by atoms with Crippen molar-refractivity contribution in [1.82, 2.24) is 20.0 Å². The monoisotopic (exact) mass is 338 g/mol. The molecule has 1 N–H and O–H groups in total. The van der Waals surface area contributed by atoms with E-state index in [1.807, 2.05) is 42.8 Å². The summed E-state index contributed by atoms with van der Waals surface area (Å²) in [7, 11) is 0. The second kappa shape index (κ2) is 6.30. The fourth-order valence-corrected chi connectivity index (χ4v) is 4.37. The van der Waals surface area contributed by atoms with Gasteiger partial charge in [0.1, 0.15) is 0 Å². The molecule has 4 rings (SSSR count). The summed E-state index contributed by atoms with van der Waals surface area (Å²) in [6, 6.07) is 9.91. The maximum Gasteiger partial charge on any atom is 0.253 e. The molecule has 2 saturated heterocycles. The summed E-state index contributed by atoms with van der Waals surface area (Å²) in [5.41, 5.74) is 4.07. The number of carbonyl (C=O) groups is 1. The molecule has 1 amide bonds. The number of hydrogen-bond acceptors (Lipinski definition) is 3. The lowest BCUT2D eigenvalue weighted by Crippen LogP contribution is -2.47. The minimum absolute atomic E-state index is 0.148. The molecule has 2 aliphatic rings. The fourth-order valence-electron chi connectivity index (χ4n) is 4.37.